The van der Waals surface area contributed by atoms with Crippen molar-refractivity contribution in [2.24, 2.45) is 5.16 Å². The number of piperidine rings is 1. The maximum atomic E-state index is 13.1. The first kappa shape index (κ1) is 27.6. The highest BCUT2D eigenvalue weighted by molar-refractivity contribution is 6.33. The molecule has 8 nitrogen and oxygen atoms in total. The summed E-state index contributed by atoms with van der Waals surface area (Å²) >= 11 is 6.39. The van der Waals surface area contributed by atoms with E-state index in [0.29, 0.717) is 18.6 Å². The van der Waals surface area contributed by atoms with Gasteiger partial charge in [0, 0.05) is 32.0 Å². The number of nitrogens with zero attached hydrogens (tertiary/aromatic N) is 2. The van der Waals surface area contributed by atoms with Gasteiger partial charge < -0.3 is 24.7 Å². The van der Waals surface area contributed by atoms with Gasteiger partial charge in [-0.05, 0) is 50.2 Å². The van der Waals surface area contributed by atoms with Crippen molar-refractivity contribution in [2.75, 3.05) is 19.7 Å². The molecule has 2 heterocycles. The van der Waals surface area contributed by atoms with Crippen molar-refractivity contribution in [3.8, 4) is 11.5 Å². The highest BCUT2D eigenvalue weighted by Crippen LogP contribution is 2.37. The highest BCUT2D eigenvalue weighted by Gasteiger charge is 2.26. The Hall–Kier alpha value is -3.00. The van der Waals surface area contributed by atoms with Gasteiger partial charge in [0.25, 0.3) is 5.91 Å². The van der Waals surface area contributed by atoms with Crippen LogP contribution in [0.15, 0.2) is 35.5 Å². The Morgan fingerprint density at radius 3 is 2.67 bits per heavy atom. The van der Waals surface area contributed by atoms with Crippen molar-refractivity contribution >= 4 is 29.2 Å². The first-order valence-corrected chi connectivity index (χ1v) is 13.0. The summed E-state index contributed by atoms with van der Waals surface area (Å²) in [6.45, 7) is 3.24. The lowest BCUT2D eigenvalue weighted by Crippen LogP contribution is -2.37. The Bertz CT molecular complexity index is 1010. The minimum Gasteiger partial charge on any atom is -0.507 e. The largest absolute Gasteiger partial charge is 0.507 e. The molecule has 1 atom stereocenters. The van der Waals surface area contributed by atoms with Crippen LogP contribution in [0.3, 0.4) is 0 Å². The number of carbonyl (C=O) groups is 2. The van der Waals surface area contributed by atoms with Gasteiger partial charge in [-0.3, -0.25) is 4.79 Å². The molecular weight excluding hydrogens is 484 g/mol. The molecule has 196 valence electrons. The summed E-state index contributed by atoms with van der Waals surface area (Å²) in [5, 5.41) is 24.9. The Labute approximate surface area is 217 Å². The van der Waals surface area contributed by atoms with E-state index < -0.39 is 11.7 Å². The summed E-state index contributed by atoms with van der Waals surface area (Å²) in [5.74, 6) is -1.65. The summed E-state index contributed by atoms with van der Waals surface area (Å²) in [6.07, 6.45) is 14.0. The molecule has 0 saturated carbocycles. The fourth-order valence-corrected chi connectivity index (χ4v) is 4.54. The predicted molar refractivity (Wildman–Crippen MR) is 139 cm³/mol. The molecule has 0 bridgehead atoms. The Morgan fingerprint density at radius 1 is 1.17 bits per heavy atom. The van der Waals surface area contributed by atoms with Crippen LogP contribution in [0.2, 0.25) is 5.02 Å². The minimum absolute atomic E-state index is 0.0199. The van der Waals surface area contributed by atoms with E-state index in [1.165, 1.54) is 0 Å². The third-order valence-corrected chi connectivity index (χ3v) is 6.64. The number of oxime groups is 1. The molecule has 2 aliphatic rings. The number of benzene rings is 1. The standard InChI is InChI=1S/C27H35ClN2O6/c1-2-11-20-13-8-5-3-4-7-12-19(29-35-18-24(33)30-14-9-6-10-15-30)16-21-25(27(34)36-20)22(31)17-23(32)26(21)28/h5,7-8,12,17,20,31-32H,2-4,6,9-11,13-16,18H2,1H3. The number of hydrogen-bond donors (Lipinski definition) is 2. The normalized spacial score (nSPS) is 20.5. The molecule has 1 unspecified atom stereocenters. The molecule has 36 heavy (non-hydrogen) atoms. The van der Waals surface area contributed by atoms with Crippen molar-refractivity contribution in [1.29, 1.82) is 0 Å². The fourth-order valence-electron chi connectivity index (χ4n) is 4.32. The molecule has 0 radical (unpaired) electrons. The number of carbonyl (C=O) groups excluding carboxylic acids is 2. The third-order valence-electron chi connectivity index (χ3n) is 6.22. The number of phenolic OH excluding ortho intramolecular Hbond substituents is 2. The molecule has 2 N–H and O–H groups in total. The second-order valence-electron chi connectivity index (χ2n) is 9.06. The van der Waals surface area contributed by atoms with E-state index in [9.17, 15) is 19.8 Å². The molecule has 0 spiro atoms. The van der Waals surface area contributed by atoms with Crippen LogP contribution >= 0.6 is 11.6 Å². The number of rotatable bonds is 5. The zero-order chi connectivity index (χ0) is 25.9. The summed E-state index contributed by atoms with van der Waals surface area (Å²) in [6, 6.07) is 1.03. The second-order valence-corrected chi connectivity index (χ2v) is 9.44. The average Bonchev–Trinajstić information content (AvgIpc) is 2.86. The van der Waals surface area contributed by atoms with Crippen molar-refractivity contribution in [2.45, 2.75) is 70.8 Å². The van der Waals surface area contributed by atoms with Gasteiger partial charge in [-0.25, -0.2) is 4.79 Å². The molecule has 0 aromatic heterocycles. The molecule has 1 saturated heterocycles. The maximum Gasteiger partial charge on any atom is 0.342 e. The van der Waals surface area contributed by atoms with E-state index in [-0.39, 0.29) is 46.9 Å². The maximum absolute atomic E-state index is 13.1. The lowest BCUT2D eigenvalue weighted by Gasteiger charge is -2.26. The van der Waals surface area contributed by atoms with Gasteiger partial charge in [-0.15, -0.1) is 0 Å². The van der Waals surface area contributed by atoms with Gasteiger partial charge in [0.05, 0.1) is 10.7 Å². The first-order chi connectivity index (χ1) is 17.4. The number of hydrogen-bond acceptors (Lipinski definition) is 7. The number of fused-ring (bicyclic) bond motifs is 1. The summed E-state index contributed by atoms with van der Waals surface area (Å²) in [4.78, 5) is 32.8. The van der Waals surface area contributed by atoms with Crippen LogP contribution in [0.25, 0.3) is 0 Å². The number of phenols is 2. The summed E-state index contributed by atoms with van der Waals surface area (Å²) in [7, 11) is 0. The molecule has 0 aliphatic carbocycles. The molecule has 2 aliphatic heterocycles. The van der Waals surface area contributed by atoms with Crippen LogP contribution in [0, 0.1) is 0 Å². The zero-order valence-corrected chi connectivity index (χ0v) is 21.5. The molecule has 3 rings (SSSR count). The van der Waals surface area contributed by atoms with Gasteiger partial charge in [0.1, 0.15) is 23.2 Å². The number of ether oxygens (including phenoxy) is 1. The number of aromatic hydroxyl groups is 2. The van der Waals surface area contributed by atoms with E-state index in [1.54, 1.807) is 11.0 Å². The first-order valence-electron chi connectivity index (χ1n) is 12.6. The van der Waals surface area contributed by atoms with Crippen LogP contribution in [-0.2, 0) is 20.8 Å². The molecule has 1 amide bonds. The van der Waals surface area contributed by atoms with E-state index in [1.807, 2.05) is 25.2 Å². The van der Waals surface area contributed by atoms with Gasteiger partial charge in [0.15, 0.2) is 6.61 Å². The summed E-state index contributed by atoms with van der Waals surface area (Å²) < 4.78 is 5.72. The quantitative estimate of drug-likeness (QED) is 0.311. The molecule has 9 heteroatoms. The Kier molecular flexibility index (Phi) is 10.7. The molecule has 1 aromatic rings. The van der Waals surface area contributed by atoms with E-state index in [0.717, 1.165) is 57.7 Å². The second kappa shape index (κ2) is 13.9. The van der Waals surface area contributed by atoms with Crippen LogP contribution in [0.4, 0.5) is 0 Å². The fraction of sp³-hybridized carbons (Fsp3) is 0.519. The molecule has 1 fully saturated rings. The number of halogens is 1. The van der Waals surface area contributed by atoms with Crippen molar-refractivity contribution in [3.63, 3.8) is 0 Å². The number of esters is 1. The Morgan fingerprint density at radius 2 is 1.92 bits per heavy atom. The minimum atomic E-state index is -0.724. The number of cyclic esters (lactones) is 1. The van der Waals surface area contributed by atoms with Crippen molar-refractivity contribution < 1.29 is 29.4 Å². The van der Waals surface area contributed by atoms with Crippen LogP contribution < -0.4 is 0 Å². The average molecular weight is 519 g/mol. The van der Waals surface area contributed by atoms with E-state index >= 15 is 0 Å². The van der Waals surface area contributed by atoms with Crippen LogP contribution in [0.5, 0.6) is 11.5 Å². The SMILES string of the molecule is CCCC1CC=CCCC=CC(=NOCC(=O)N2CCCCC2)Cc2c(Cl)c(O)cc(O)c2C(=O)O1. The lowest BCUT2D eigenvalue weighted by atomic mass is 9.99. The van der Waals surface area contributed by atoms with Gasteiger partial charge in [0.2, 0.25) is 0 Å². The van der Waals surface area contributed by atoms with E-state index in [2.05, 4.69) is 5.16 Å². The van der Waals surface area contributed by atoms with Crippen molar-refractivity contribution in [1.82, 2.24) is 4.90 Å². The van der Waals surface area contributed by atoms with Gasteiger partial charge in [-0.2, -0.15) is 0 Å². The lowest BCUT2D eigenvalue weighted by molar-refractivity contribution is -0.137. The van der Waals surface area contributed by atoms with Crippen LogP contribution in [-0.4, -0.2) is 58.5 Å². The summed E-state index contributed by atoms with van der Waals surface area (Å²) in [5.41, 5.74) is 0.440. The highest BCUT2D eigenvalue weighted by atomic mass is 35.5. The topological polar surface area (TPSA) is 109 Å². The predicted octanol–water partition coefficient (Wildman–Crippen LogP) is 5.30. The van der Waals surface area contributed by atoms with E-state index in [4.69, 9.17) is 21.2 Å². The van der Waals surface area contributed by atoms with Crippen molar-refractivity contribution in [3.05, 3.63) is 46.5 Å². The third kappa shape index (κ3) is 7.75. The number of allylic oxidation sites excluding steroid dienone is 3. The molecular formula is C27H35ClN2O6. The number of likely N-dealkylation sites (tertiary alicyclic amines) is 1. The monoisotopic (exact) mass is 518 g/mol. The van der Waals surface area contributed by atoms with Crippen LogP contribution in [0.1, 0.15) is 74.2 Å². The zero-order valence-electron chi connectivity index (χ0n) is 20.7. The smallest absolute Gasteiger partial charge is 0.342 e. The Balaban J connectivity index is 1.90. The molecule has 1 aromatic carbocycles. The number of amides is 1. The van der Waals surface area contributed by atoms with Gasteiger partial charge >= 0.3 is 5.97 Å². The van der Waals surface area contributed by atoms with Gasteiger partial charge in [-0.1, -0.05) is 48.3 Å².